The fourth-order valence-corrected chi connectivity index (χ4v) is 1.44. The summed E-state index contributed by atoms with van der Waals surface area (Å²) < 4.78 is 36.9. The molecule has 0 spiro atoms. The van der Waals surface area contributed by atoms with Crippen LogP contribution >= 0.6 is 0 Å². The van der Waals surface area contributed by atoms with Gasteiger partial charge in [0.2, 0.25) is 0 Å². The van der Waals surface area contributed by atoms with E-state index >= 15 is 0 Å². The number of hydrogen-bond acceptors (Lipinski definition) is 1. The van der Waals surface area contributed by atoms with E-state index in [0.717, 1.165) is 18.0 Å². The van der Waals surface area contributed by atoms with Crippen molar-refractivity contribution in [2.45, 2.75) is 19.1 Å². The van der Waals surface area contributed by atoms with Crippen molar-refractivity contribution in [1.82, 2.24) is 10.3 Å². The summed E-state index contributed by atoms with van der Waals surface area (Å²) in [5.74, 6) is 0. The molecule has 0 aromatic carbocycles. The highest BCUT2D eigenvalue weighted by Crippen LogP contribution is 2.30. The zero-order valence-electron chi connectivity index (χ0n) is 7.30. The summed E-state index contributed by atoms with van der Waals surface area (Å²) in [5.41, 5.74) is 0.660. The zero-order chi connectivity index (χ0) is 10.2. The fourth-order valence-electron chi connectivity index (χ4n) is 1.44. The minimum absolute atomic E-state index is 0.353. The van der Waals surface area contributed by atoms with Gasteiger partial charge in [0.15, 0.2) is 0 Å². The van der Waals surface area contributed by atoms with Gasteiger partial charge in [0.25, 0.3) is 0 Å². The average molecular weight is 201 g/mol. The molecule has 14 heavy (non-hydrogen) atoms. The first-order valence-electron chi connectivity index (χ1n) is 4.25. The molecule has 1 radical (unpaired) electrons. The average Bonchev–Trinajstić information content (AvgIpc) is 2.16. The van der Waals surface area contributed by atoms with Gasteiger partial charge in [-0.25, -0.2) is 5.32 Å². The van der Waals surface area contributed by atoms with Crippen LogP contribution in [0.4, 0.5) is 13.2 Å². The minimum atomic E-state index is -4.31. The largest absolute Gasteiger partial charge is 0.417 e. The molecule has 0 bridgehead atoms. The zero-order valence-corrected chi connectivity index (χ0v) is 7.30. The van der Waals surface area contributed by atoms with Crippen molar-refractivity contribution in [2.24, 2.45) is 0 Å². The topological polar surface area (TPSA) is 27.0 Å². The molecule has 1 aliphatic heterocycles. The second kappa shape index (κ2) is 3.24. The van der Waals surface area contributed by atoms with Crippen molar-refractivity contribution >= 4 is 0 Å². The molecule has 1 aromatic rings. The molecule has 0 N–H and O–H groups in total. The molecule has 5 heteroatoms. The van der Waals surface area contributed by atoms with Crippen LogP contribution in [0.2, 0.25) is 0 Å². The highest BCUT2D eigenvalue weighted by atomic mass is 19.4. The van der Waals surface area contributed by atoms with E-state index in [4.69, 9.17) is 0 Å². The van der Waals surface area contributed by atoms with Gasteiger partial charge in [0.1, 0.15) is 0 Å². The summed E-state index contributed by atoms with van der Waals surface area (Å²) in [4.78, 5) is 3.81. The summed E-state index contributed by atoms with van der Waals surface area (Å²) in [6.45, 7) is 1.01. The standard InChI is InChI=1S/C9H8F3N2/c10-9(11,12)7-3-6-4-13-2-1-8(6)14-5-7/h3,5H,1-2,4H2. The smallest absolute Gasteiger partial charge is 0.260 e. The van der Waals surface area contributed by atoms with Gasteiger partial charge in [-0.2, -0.15) is 13.2 Å². The van der Waals surface area contributed by atoms with Crippen molar-refractivity contribution in [2.75, 3.05) is 6.54 Å². The number of pyridine rings is 1. The molecule has 0 aliphatic carbocycles. The predicted octanol–water partition coefficient (Wildman–Crippen LogP) is 1.76. The monoisotopic (exact) mass is 201 g/mol. The molecule has 75 valence electrons. The van der Waals surface area contributed by atoms with Crippen molar-refractivity contribution in [3.8, 4) is 0 Å². The third-order valence-corrected chi connectivity index (χ3v) is 2.18. The Morgan fingerprint density at radius 2 is 2.07 bits per heavy atom. The van der Waals surface area contributed by atoms with Crippen LogP contribution in [0.15, 0.2) is 12.3 Å². The maximum Gasteiger partial charge on any atom is 0.417 e. The first-order valence-corrected chi connectivity index (χ1v) is 4.25. The summed E-state index contributed by atoms with van der Waals surface area (Å²) in [6.07, 6.45) is -2.77. The van der Waals surface area contributed by atoms with Crippen LogP contribution in [0.3, 0.4) is 0 Å². The number of hydrogen-bond donors (Lipinski definition) is 0. The number of aromatic nitrogens is 1. The Labute approximate surface area is 79.2 Å². The lowest BCUT2D eigenvalue weighted by Crippen LogP contribution is -2.20. The SMILES string of the molecule is FC(F)(F)c1cnc2c(c1)C[N]CC2. The normalized spacial score (nSPS) is 16.5. The predicted molar refractivity (Wildman–Crippen MR) is 43.6 cm³/mol. The Balaban J connectivity index is 2.39. The number of nitrogens with zero attached hydrogens (tertiary/aromatic N) is 2. The van der Waals surface area contributed by atoms with E-state index in [0.29, 0.717) is 25.1 Å². The van der Waals surface area contributed by atoms with Gasteiger partial charge in [-0.3, -0.25) is 4.98 Å². The van der Waals surface area contributed by atoms with Crippen LogP contribution in [0, 0.1) is 0 Å². The molecule has 0 unspecified atom stereocenters. The van der Waals surface area contributed by atoms with E-state index in [1.54, 1.807) is 0 Å². The first-order chi connectivity index (χ1) is 6.57. The van der Waals surface area contributed by atoms with E-state index in [9.17, 15) is 13.2 Å². The van der Waals surface area contributed by atoms with Gasteiger partial charge < -0.3 is 0 Å². The van der Waals surface area contributed by atoms with Crippen molar-refractivity contribution in [3.63, 3.8) is 0 Å². The van der Waals surface area contributed by atoms with Crippen LogP contribution in [-0.2, 0) is 19.1 Å². The Bertz CT molecular complexity index is 346. The Hall–Kier alpha value is -1.10. The molecule has 0 fully saturated rings. The van der Waals surface area contributed by atoms with Crippen molar-refractivity contribution in [3.05, 3.63) is 29.1 Å². The van der Waals surface area contributed by atoms with Gasteiger partial charge in [-0.05, 0) is 11.6 Å². The van der Waals surface area contributed by atoms with Crippen LogP contribution in [0.25, 0.3) is 0 Å². The van der Waals surface area contributed by atoms with Crippen LogP contribution in [-0.4, -0.2) is 11.5 Å². The van der Waals surface area contributed by atoms with Gasteiger partial charge in [-0.15, -0.1) is 0 Å². The molecule has 1 aliphatic rings. The maximum atomic E-state index is 12.3. The molecule has 0 atom stereocenters. The maximum absolute atomic E-state index is 12.3. The van der Waals surface area contributed by atoms with Gasteiger partial charge in [0, 0.05) is 31.4 Å². The van der Waals surface area contributed by atoms with Gasteiger partial charge in [0.05, 0.1) is 5.56 Å². The lowest BCUT2D eigenvalue weighted by molar-refractivity contribution is -0.137. The summed E-state index contributed by atoms with van der Waals surface area (Å²) in [6, 6.07) is 1.14. The van der Waals surface area contributed by atoms with Crippen LogP contribution in [0.5, 0.6) is 0 Å². The molecule has 0 saturated heterocycles. The third-order valence-electron chi connectivity index (χ3n) is 2.18. The number of rotatable bonds is 0. The summed E-state index contributed by atoms with van der Waals surface area (Å²) in [5, 5.41) is 4.03. The molecular weight excluding hydrogens is 193 g/mol. The number of fused-ring (bicyclic) bond motifs is 1. The van der Waals surface area contributed by atoms with Crippen LogP contribution in [0.1, 0.15) is 16.8 Å². The number of alkyl halides is 3. The third kappa shape index (κ3) is 1.72. The van der Waals surface area contributed by atoms with Crippen LogP contribution < -0.4 is 5.32 Å². The lowest BCUT2D eigenvalue weighted by atomic mass is 10.1. The molecule has 0 amide bonds. The molecule has 1 aromatic heterocycles. The van der Waals surface area contributed by atoms with Crippen molar-refractivity contribution in [1.29, 1.82) is 0 Å². The first kappa shape index (κ1) is 9.45. The van der Waals surface area contributed by atoms with Gasteiger partial charge >= 0.3 is 6.18 Å². The lowest BCUT2D eigenvalue weighted by Gasteiger charge is -2.16. The van der Waals surface area contributed by atoms with E-state index in [1.807, 2.05) is 0 Å². The highest BCUT2D eigenvalue weighted by molar-refractivity contribution is 5.28. The highest BCUT2D eigenvalue weighted by Gasteiger charge is 2.31. The van der Waals surface area contributed by atoms with Crippen molar-refractivity contribution < 1.29 is 13.2 Å². The molecule has 2 nitrogen and oxygen atoms in total. The Kier molecular flexibility index (Phi) is 2.19. The summed E-state index contributed by atoms with van der Waals surface area (Å²) in [7, 11) is 0. The molecular formula is C9H8F3N2. The second-order valence-electron chi connectivity index (χ2n) is 3.18. The Morgan fingerprint density at radius 3 is 2.79 bits per heavy atom. The van der Waals surface area contributed by atoms with E-state index < -0.39 is 11.7 Å². The Morgan fingerprint density at radius 1 is 1.29 bits per heavy atom. The fraction of sp³-hybridized carbons (Fsp3) is 0.444. The van der Waals surface area contributed by atoms with E-state index in [2.05, 4.69) is 10.3 Å². The molecule has 2 rings (SSSR count). The van der Waals surface area contributed by atoms with E-state index in [-0.39, 0.29) is 0 Å². The summed E-state index contributed by atoms with van der Waals surface area (Å²) >= 11 is 0. The van der Waals surface area contributed by atoms with E-state index in [1.165, 1.54) is 0 Å². The molecule has 2 heterocycles. The van der Waals surface area contributed by atoms with Gasteiger partial charge in [-0.1, -0.05) is 0 Å². The minimum Gasteiger partial charge on any atom is -0.260 e. The second-order valence-corrected chi connectivity index (χ2v) is 3.18. The quantitative estimate of drug-likeness (QED) is 0.628. The number of halogens is 3. The molecule has 0 saturated carbocycles.